The second kappa shape index (κ2) is 4.53. The van der Waals surface area contributed by atoms with Crippen LogP contribution in [-0.2, 0) is 4.74 Å². The molecular weight excluding hydrogens is 282 g/mol. The van der Waals surface area contributed by atoms with E-state index in [1.165, 1.54) is 7.11 Å². The number of fused-ring (bicyclic) bond motifs is 5. The Morgan fingerprint density at radius 3 is 2.90 bits per heavy atom. The number of hydrogen-bond donors (Lipinski definition) is 0. The van der Waals surface area contributed by atoms with Gasteiger partial charge in [-0.2, -0.15) is 0 Å². The largest absolute Gasteiger partial charge is 0.465 e. The molecule has 0 aliphatic heterocycles. The Labute approximate surface area is 124 Å². The predicted octanol–water partition coefficient (Wildman–Crippen LogP) is 4.39. The molecule has 4 aromatic rings. The third kappa shape index (κ3) is 1.73. The second-order valence-corrected chi connectivity index (χ2v) is 5.87. The number of methoxy groups -OCH3 is 1. The van der Waals surface area contributed by atoms with E-state index in [9.17, 15) is 4.79 Å². The molecule has 0 saturated carbocycles. The Kier molecular flexibility index (Phi) is 2.65. The lowest BCUT2D eigenvalue weighted by Gasteiger charge is -2.05. The Hall–Kier alpha value is -2.46. The minimum Gasteiger partial charge on any atom is -0.465 e. The zero-order valence-corrected chi connectivity index (χ0v) is 12.1. The fourth-order valence-electron chi connectivity index (χ4n) is 2.72. The van der Waals surface area contributed by atoms with Crippen molar-refractivity contribution < 1.29 is 9.53 Å². The van der Waals surface area contributed by atoms with E-state index in [4.69, 9.17) is 4.74 Å². The lowest BCUT2D eigenvalue weighted by molar-refractivity contribution is 0.0603. The van der Waals surface area contributed by atoms with Crippen LogP contribution in [0.15, 0.2) is 48.8 Å². The molecule has 0 aliphatic rings. The van der Waals surface area contributed by atoms with Crippen molar-refractivity contribution in [2.75, 3.05) is 7.11 Å². The van der Waals surface area contributed by atoms with E-state index >= 15 is 0 Å². The SMILES string of the molecule is COC(=O)c1cc2ccncc2c2sc3ccccc3c12. The van der Waals surface area contributed by atoms with Gasteiger partial charge in [-0.15, -0.1) is 11.3 Å². The molecular formula is C17H11NO2S. The lowest BCUT2D eigenvalue weighted by Crippen LogP contribution is -2.01. The molecule has 4 rings (SSSR count). The van der Waals surface area contributed by atoms with Crippen LogP contribution in [0.25, 0.3) is 30.9 Å². The summed E-state index contributed by atoms with van der Waals surface area (Å²) in [4.78, 5) is 16.4. The van der Waals surface area contributed by atoms with Crippen LogP contribution in [0.1, 0.15) is 10.4 Å². The van der Waals surface area contributed by atoms with Crippen LogP contribution in [0, 0.1) is 0 Å². The third-order valence-corrected chi connectivity index (χ3v) is 4.87. The van der Waals surface area contributed by atoms with Gasteiger partial charge in [0.1, 0.15) is 0 Å². The third-order valence-electron chi connectivity index (χ3n) is 3.67. The summed E-state index contributed by atoms with van der Waals surface area (Å²) >= 11 is 1.69. The summed E-state index contributed by atoms with van der Waals surface area (Å²) in [5.41, 5.74) is 0.614. The van der Waals surface area contributed by atoms with E-state index in [1.807, 2.05) is 36.5 Å². The van der Waals surface area contributed by atoms with Crippen LogP contribution >= 0.6 is 11.3 Å². The molecule has 0 atom stereocenters. The van der Waals surface area contributed by atoms with E-state index in [2.05, 4.69) is 11.1 Å². The minimum absolute atomic E-state index is 0.303. The molecule has 0 amide bonds. The van der Waals surface area contributed by atoms with Gasteiger partial charge in [0.25, 0.3) is 0 Å². The van der Waals surface area contributed by atoms with Gasteiger partial charge in [-0.3, -0.25) is 4.98 Å². The second-order valence-electron chi connectivity index (χ2n) is 4.81. The number of nitrogens with zero attached hydrogens (tertiary/aromatic N) is 1. The average Bonchev–Trinajstić information content (AvgIpc) is 2.93. The number of esters is 1. The van der Waals surface area contributed by atoms with Gasteiger partial charge in [-0.25, -0.2) is 4.79 Å². The van der Waals surface area contributed by atoms with Gasteiger partial charge in [-0.05, 0) is 23.6 Å². The van der Waals surface area contributed by atoms with Gasteiger partial charge in [0, 0.05) is 38.0 Å². The topological polar surface area (TPSA) is 39.2 Å². The summed E-state index contributed by atoms with van der Waals surface area (Å²) in [5.74, 6) is -0.303. The molecule has 0 aliphatic carbocycles. The number of rotatable bonds is 1. The van der Waals surface area contributed by atoms with Crippen LogP contribution in [0.4, 0.5) is 0 Å². The van der Waals surface area contributed by atoms with Crippen molar-refractivity contribution in [1.82, 2.24) is 4.98 Å². The van der Waals surface area contributed by atoms with Gasteiger partial charge >= 0.3 is 5.97 Å². The van der Waals surface area contributed by atoms with Crippen LogP contribution in [-0.4, -0.2) is 18.1 Å². The number of aromatic nitrogens is 1. The maximum absolute atomic E-state index is 12.2. The molecule has 4 heteroatoms. The highest BCUT2D eigenvalue weighted by molar-refractivity contribution is 7.26. The Bertz CT molecular complexity index is 1000. The highest BCUT2D eigenvalue weighted by Crippen LogP contribution is 2.40. The lowest BCUT2D eigenvalue weighted by atomic mass is 10.0. The van der Waals surface area contributed by atoms with Gasteiger partial charge in [0.05, 0.1) is 12.7 Å². The van der Waals surface area contributed by atoms with Gasteiger partial charge in [-0.1, -0.05) is 18.2 Å². The van der Waals surface area contributed by atoms with Crippen molar-refractivity contribution in [3.05, 3.63) is 54.4 Å². The minimum atomic E-state index is -0.303. The summed E-state index contributed by atoms with van der Waals surface area (Å²) < 4.78 is 7.21. The van der Waals surface area contributed by atoms with E-state index < -0.39 is 0 Å². The summed E-state index contributed by atoms with van der Waals surface area (Å²) in [6.07, 6.45) is 3.59. The van der Waals surface area contributed by atoms with E-state index in [-0.39, 0.29) is 5.97 Å². The van der Waals surface area contributed by atoms with Crippen LogP contribution in [0.3, 0.4) is 0 Å². The Morgan fingerprint density at radius 2 is 2.05 bits per heavy atom. The number of pyridine rings is 1. The van der Waals surface area contributed by atoms with Crippen molar-refractivity contribution in [1.29, 1.82) is 0 Å². The first kappa shape index (κ1) is 12.3. The maximum atomic E-state index is 12.2. The molecule has 2 aromatic carbocycles. The molecule has 102 valence electrons. The number of hydrogen-bond acceptors (Lipinski definition) is 4. The van der Waals surface area contributed by atoms with Crippen LogP contribution in [0.2, 0.25) is 0 Å². The molecule has 0 N–H and O–H groups in total. The van der Waals surface area contributed by atoms with Crippen LogP contribution in [0.5, 0.6) is 0 Å². The number of ether oxygens (including phenoxy) is 1. The normalized spacial score (nSPS) is 11.3. The van der Waals surface area contributed by atoms with Crippen molar-refractivity contribution in [3.63, 3.8) is 0 Å². The average molecular weight is 293 g/mol. The molecule has 0 fully saturated rings. The van der Waals surface area contributed by atoms with Crippen LogP contribution < -0.4 is 0 Å². The van der Waals surface area contributed by atoms with Crippen molar-refractivity contribution in [3.8, 4) is 0 Å². The number of carbonyl (C=O) groups is 1. The zero-order valence-electron chi connectivity index (χ0n) is 11.3. The van der Waals surface area contributed by atoms with E-state index in [0.29, 0.717) is 5.56 Å². The summed E-state index contributed by atoms with van der Waals surface area (Å²) in [6.45, 7) is 0. The molecule has 2 aromatic heterocycles. The standard InChI is InChI=1S/C17H11NO2S/c1-20-17(19)12-8-10-6-7-18-9-13(10)16-15(12)11-4-2-3-5-14(11)21-16/h2-9H,1H3. The van der Waals surface area contributed by atoms with Gasteiger partial charge in [0.2, 0.25) is 0 Å². The quantitative estimate of drug-likeness (QED) is 0.489. The van der Waals surface area contributed by atoms with Crippen molar-refractivity contribution >= 4 is 48.3 Å². The molecule has 3 nitrogen and oxygen atoms in total. The van der Waals surface area contributed by atoms with Gasteiger partial charge < -0.3 is 4.74 Å². The van der Waals surface area contributed by atoms with E-state index in [0.717, 1.165) is 30.9 Å². The zero-order chi connectivity index (χ0) is 14.4. The Balaban J connectivity index is 2.30. The highest BCUT2D eigenvalue weighted by atomic mass is 32.1. The first-order valence-corrected chi connectivity index (χ1v) is 7.37. The summed E-state index contributed by atoms with van der Waals surface area (Å²) in [7, 11) is 1.42. The first-order chi connectivity index (χ1) is 10.3. The fraction of sp³-hybridized carbons (Fsp3) is 0.0588. The molecule has 21 heavy (non-hydrogen) atoms. The summed E-state index contributed by atoms with van der Waals surface area (Å²) in [5, 5.41) is 4.12. The van der Waals surface area contributed by atoms with Gasteiger partial charge in [0.15, 0.2) is 0 Å². The van der Waals surface area contributed by atoms with Crippen molar-refractivity contribution in [2.24, 2.45) is 0 Å². The highest BCUT2D eigenvalue weighted by Gasteiger charge is 2.18. The number of benzene rings is 2. The monoisotopic (exact) mass is 293 g/mol. The number of carbonyl (C=O) groups excluding carboxylic acids is 1. The fourth-order valence-corrected chi connectivity index (χ4v) is 3.97. The molecule has 2 heterocycles. The molecule has 0 unspecified atom stereocenters. The maximum Gasteiger partial charge on any atom is 0.338 e. The van der Waals surface area contributed by atoms with E-state index in [1.54, 1.807) is 17.5 Å². The molecule has 0 radical (unpaired) electrons. The molecule has 0 spiro atoms. The first-order valence-electron chi connectivity index (χ1n) is 6.56. The predicted molar refractivity (Wildman–Crippen MR) is 86.0 cm³/mol. The Morgan fingerprint density at radius 1 is 1.19 bits per heavy atom. The molecule has 0 saturated heterocycles. The molecule has 0 bridgehead atoms. The van der Waals surface area contributed by atoms with Crippen molar-refractivity contribution in [2.45, 2.75) is 0 Å². The number of thiophene rings is 1. The smallest absolute Gasteiger partial charge is 0.338 e. The summed E-state index contributed by atoms with van der Waals surface area (Å²) in [6, 6.07) is 11.9.